The first-order chi connectivity index (χ1) is 18.2. The van der Waals surface area contributed by atoms with Gasteiger partial charge in [-0.25, -0.2) is 0 Å². The van der Waals surface area contributed by atoms with E-state index in [2.05, 4.69) is 69.3 Å². The van der Waals surface area contributed by atoms with Crippen LogP contribution in [-0.2, 0) is 4.74 Å². The van der Waals surface area contributed by atoms with E-state index in [1.165, 1.54) is 81.8 Å². The summed E-state index contributed by atoms with van der Waals surface area (Å²) in [6.45, 7) is 10.2. The smallest absolute Gasteiger partial charge is 0.119 e. The summed E-state index contributed by atoms with van der Waals surface area (Å²) in [7, 11) is 0. The quantitative estimate of drug-likeness (QED) is 0.139. The van der Waals surface area contributed by atoms with Gasteiger partial charge in [-0.2, -0.15) is 0 Å². The van der Waals surface area contributed by atoms with Crippen molar-refractivity contribution in [3.8, 4) is 22.6 Å². The minimum Gasteiger partial charge on any atom is -0.494 e. The highest BCUT2D eigenvalue weighted by molar-refractivity contribution is 5.64. The van der Waals surface area contributed by atoms with Crippen LogP contribution in [0.1, 0.15) is 111 Å². The van der Waals surface area contributed by atoms with Crippen molar-refractivity contribution in [2.45, 2.75) is 111 Å². The summed E-state index contributed by atoms with van der Waals surface area (Å²) in [5.41, 5.74) is 2.40. The molecule has 1 atom stereocenters. The van der Waals surface area contributed by atoms with E-state index in [4.69, 9.17) is 14.2 Å². The van der Waals surface area contributed by atoms with Crippen molar-refractivity contribution in [1.29, 1.82) is 0 Å². The van der Waals surface area contributed by atoms with Gasteiger partial charge in [-0.05, 0) is 67.0 Å². The number of ether oxygens (including phenoxy) is 3. The first-order valence-corrected chi connectivity index (χ1v) is 15.3. The number of unbranched alkanes of at least 4 members (excludes halogenated alkanes) is 10. The van der Waals surface area contributed by atoms with Crippen LogP contribution in [0.2, 0.25) is 0 Å². The van der Waals surface area contributed by atoms with E-state index in [-0.39, 0.29) is 0 Å². The molecule has 0 saturated heterocycles. The molecule has 2 rings (SSSR count). The Balaban J connectivity index is 1.56. The van der Waals surface area contributed by atoms with E-state index in [1.54, 1.807) is 0 Å². The topological polar surface area (TPSA) is 27.7 Å². The Morgan fingerprint density at radius 2 is 0.919 bits per heavy atom. The Kier molecular flexibility index (Phi) is 17.7. The van der Waals surface area contributed by atoms with Crippen molar-refractivity contribution in [3.05, 3.63) is 48.5 Å². The van der Waals surface area contributed by atoms with Gasteiger partial charge in [-0.15, -0.1) is 0 Å². The second kappa shape index (κ2) is 21.0. The molecule has 0 aliphatic carbocycles. The normalized spacial score (nSPS) is 12.0. The summed E-state index contributed by atoms with van der Waals surface area (Å²) in [6.07, 6.45) is 17.8. The highest BCUT2D eigenvalue weighted by atomic mass is 16.5. The Bertz CT molecular complexity index is 769. The Hall–Kier alpha value is -2.00. The van der Waals surface area contributed by atoms with Crippen LogP contribution in [0.4, 0.5) is 0 Å². The zero-order valence-corrected chi connectivity index (χ0v) is 24.1. The third kappa shape index (κ3) is 15.1. The van der Waals surface area contributed by atoms with Crippen molar-refractivity contribution in [2.24, 2.45) is 5.92 Å². The fourth-order valence-corrected chi connectivity index (χ4v) is 4.45. The second-order valence-corrected chi connectivity index (χ2v) is 10.6. The summed E-state index contributed by atoms with van der Waals surface area (Å²) in [6, 6.07) is 16.9. The minimum atomic E-state index is 0.616. The third-order valence-corrected chi connectivity index (χ3v) is 7.09. The molecule has 2 aromatic carbocycles. The van der Waals surface area contributed by atoms with Gasteiger partial charge in [0, 0.05) is 13.2 Å². The fourth-order valence-electron chi connectivity index (χ4n) is 4.45. The summed E-state index contributed by atoms with van der Waals surface area (Å²) < 4.78 is 17.7. The van der Waals surface area contributed by atoms with Gasteiger partial charge in [0.1, 0.15) is 11.5 Å². The van der Waals surface area contributed by atoms with Crippen LogP contribution in [0.5, 0.6) is 11.5 Å². The first kappa shape index (κ1) is 31.2. The molecule has 0 bridgehead atoms. The van der Waals surface area contributed by atoms with Crippen LogP contribution >= 0.6 is 0 Å². The van der Waals surface area contributed by atoms with E-state index in [1.807, 2.05) is 0 Å². The molecule has 0 spiro atoms. The van der Waals surface area contributed by atoms with Crippen molar-refractivity contribution in [2.75, 3.05) is 26.4 Å². The van der Waals surface area contributed by atoms with Crippen LogP contribution in [0.3, 0.4) is 0 Å². The molecule has 0 N–H and O–H groups in total. The lowest BCUT2D eigenvalue weighted by Gasteiger charge is -2.13. The Morgan fingerprint density at radius 3 is 1.46 bits per heavy atom. The summed E-state index contributed by atoms with van der Waals surface area (Å²) in [4.78, 5) is 0. The zero-order chi connectivity index (χ0) is 26.4. The van der Waals surface area contributed by atoms with E-state index in [0.29, 0.717) is 5.92 Å². The Morgan fingerprint density at radius 1 is 0.486 bits per heavy atom. The molecule has 0 fully saturated rings. The van der Waals surface area contributed by atoms with Crippen LogP contribution in [-0.4, -0.2) is 26.4 Å². The van der Waals surface area contributed by atoms with E-state index in [0.717, 1.165) is 57.2 Å². The van der Waals surface area contributed by atoms with Gasteiger partial charge < -0.3 is 14.2 Å². The largest absolute Gasteiger partial charge is 0.494 e. The molecule has 0 saturated carbocycles. The molecular weight excluding hydrogens is 456 g/mol. The third-order valence-electron chi connectivity index (χ3n) is 7.09. The summed E-state index contributed by atoms with van der Waals surface area (Å²) >= 11 is 0. The number of hydrogen-bond donors (Lipinski definition) is 0. The number of hydrogen-bond acceptors (Lipinski definition) is 3. The van der Waals surface area contributed by atoms with Gasteiger partial charge in [-0.1, -0.05) is 109 Å². The molecule has 2 aromatic rings. The van der Waals surface area contributed by atoms with Gasteiger partial charge in [0.05, 0.1) is 13.2 Å². The van der Waals surface area contributed by atoms with E-state index in [9.17, 15) is 0 Å². The van der Waals surface area contributed by atoms with Crippen molar-refractivity contribution in [3.63, 3.8) is 0 Å². The number of rotatable bonds is 23. The van der Waals surface area contributed by atoms with Crippen molar-refractivity contribution in [1.82, 2.24) is 0 Å². The summed E-state index contributed by atoms with van der Waals surface area (Å²) in [5.74, 6) is 2.51. The van der Waals surface area contributed by atoms with Gasteiger partial charge in [0.2, 0.25) is 0 Å². The molecule has 0 radical (unpaired) electrons. The molecule has 0 heterocycles. The van der Waals surface area contributed by atoms with E-state index >= 15 is 0 Å². The molecule has 3 heteroatoms. The lowest BCUT2D eigenvalue weighted by atomic mass is 10.1. The molecule has 0 aliphatic rings. The van der Waals surface area contributed by atoms with Gasteiger partial charge in [0.15, 0.2) is 0 Å². The number of benzene rings is 2. The maximum Gasteiger partial charge on any atom is 0.119 e. The molecular formula is C34H54O3. The van der Waals surface area contributed by atoms with E-state index < -0.39 is 0 Å². The SMILES string of the molecule is CCCCCCCCOCCC(C)CCOc1ccc(-c2ccc(OCCCCCCCC)cc2)cc1. The lowest BCUT2D eigenvalue weighted by molar-refractivity contribution is 0.114. The van der Waals surface area contributed by atoms with Crippen molar-refractivity contribution >= 4 is 0 Å². The van der Waals surface area contributed by atoms with Gasteiger partial charge in [-0.3, -0.25) is 0 Å². The highest BCUT2D eigenvalue weighted by Gasteiger charge is 2.05. The first-order valence-electron chi connectivity index (χ1n) is 15.3. The average Bonchev–Trinajstić information content (AvgIpc) is 2.92. The monoisotopic (exact) mass is 510 g/mol. The average molecular weight is 511 g/mol. The molecule has 208 valence electrons. The second-order valence-electron chi connectivity index (χ2n) is 10.6. The van der Waals surface area contributed by atoms with Crippen LogP contribution < -0.4 is 9.47 Å². The lowest BCUT2D eigenvalue weighted by Crippen LogP contribution is -2.08. The minimum absolute atomic E-state index is 0.616. The molecule has 0 aromatic heterocycles. The van der Waals surface area contributed by atoms with Crippen LogP contribution in [0.15, 0.2) is 48.5 Å². The Labute approximate surface area is 228 Å². The zero-order valence-electron chi connectivity index (χ0n) is 24.1. The van der Waals surface area contributed by atoms with Crippen molar-refractivity contribution < 1.29 is 14.2 Å². The molecule has 37 heavy (non-hydrogen) atoms. The standard InChI is InChI=1S/C34H54O3/c1-4-6-8-10-12-14-26-35-28-24-30(3)25-29-37-34-22-18-32(19-23-34)31-16-20-33(21-17-31)36-27-15-13-11-9-7-5-2/h16-23,30H,4-15,24-29H2,1-3H3. The molecule has 0 aliphatic heterocycles. The molecule has 3 nitrogen and oxygen atoms in total. The predicted molar refractivity (Wildman–Crippen MR) is 159 cm³/mol. The van der Waals surface area contributed by atoms with Gasteiger partial charge in [0.25, 0.3) is 0 Å². The molecule has 1 unspecified atom stereocenters. The predicted octanol–water partition coefficient (Wildman–Crippen LogP) is 10.3. The maximum atomic E-state index is 6.00. The van der Waals surface area contributed by atoms with Crippen LogP contribution in [0, 0.1) is 5.92 Å². The van der Waals surface area contributed by atoms with Crippen LogP contribution in [0.25, 0.3) is 11.1 Å². The van der Waals surface area contributed by atoms with Gasteiger partial charge >= 0.3 is 0 Å². The fraction of sp³-hybridized carbons (Fsp3) is 0.647. The maximum absolute atomic E-state index is 6.00. The highest BCUT2D eigenvalue weighted by Crippen LogP contribution is 2.25. The molecule has 0 amide bonds. The summed E-state index contributed by atoms with van der Waals surface area (Å²) in [5, 5.41) is 0.